The maximum absolute atomic E-state index is 2.62. The van der Waals surface area contributed by atoms with Crippen molar-refractivity contribution in [3.8, 4) is 33.4 Å². The molecular formula is C35H28. The van der Waals surface area contributed by atoms with E-state index >= 15 is 0 Å². The summed E-state index contributed by atoms with van der Waals surface area (Å²) in [6, 6.07) is 28.1. The zero-order valence-electron chi connectivity index (χ0n) is 20.1. The molecule has 0 bridgehead atoms. The molecule has 0 N–H and O–H groups in total. The zero-order chi connectivity index (χ0) is 22.8. The quantitative estimate of drug-likeness (QED) is 0.235. The van der Waals surface area contributed by atoms with E-state index in [0.717, 1.165) is 0 Å². The SMILES string of the molecule is CC1c2ccccc2-c2ccc3c4c2C1C=CC4C1CCC2Cc4ccccc4-c4ccc-3c1c42. The van der Waals surface area contributed by atoms with Crippen LogP contribution in [0.4, 0.5) is 0 Å². The van der Waals surface area contributed by atoms with Gasteiger partial charge in [-0.1, -0.05) is 91.9 Å². The van der Waals surface area contributed by atoms with Crippen LogP contribution in [-0.2, 0) is 6.42 Å². The van der Waals surface area contributed by atoms with Crippen LogP contribution in [-0.4, -0.2) is 0 Å². The van der Waals surface area contributed by atoms with Crippen molar-refractivity contribution >= 4 is 0 Å². The maximum Gasteiger partial charge on any atom is 0.00966 e. The Kier molecular flexibility index (Phi) is 3.47. The van der Waals surface area contributed by atoms with Crippen molar-refractivity contribution in [3.05, 3.63) is 118 Å². The average molecular weight is 449 g/mol. The third kappa shape index (κ3) is 2.21. The lowest BCUT2D eigenvalue weighted by Crippen LogP contribution is -2.30. The highest BCUT2D eigenvalue weighted by Gasteiger charge is 2.45. The van der Waals surface area contributed by atoms with E-state index in [9.17, 15) is 0 Å². The monoisotopic (exact) mass is 448 g/mol. The molecule has 0 fully saturated rings. The highest BCUT2D eigenvalue weighted by molar-refractivity contribution is 5.89. The zero-order valence-corrected chi connectivity index (χ0v) is 20.1. The van der Waals surface area contributed by atoms with Gasteiger partial charge in [-0.2, -0.15) is 0 Å². The number of allylic oxidation sites excluding steroid dienone is 2. The largest absolute Gasteiger partial charge is 0.0797 e. The van der Waals surface area contributed by atoms with Crippen molar-refractivity contribution in [2.24, 2.45) is 0 Å². The van der Waals surface area contributed by atoms with Gasteiger partial charge in [-0.25, -0.2) is 0 Å². The average Bonchev–Trinajstić information content (AvgIpc) is 2.92. The molecule has 0 radical (unpaired) electrons. The van der Waals surface area contributed by atoms with E-state index in [1.54, 1.807) is 27.8 Å². The molecule has 35 heavy (non-hydrogen) atoms. The molecule has 9 rings (SSSR count). The van der Waals surface area contributed by atoms with Crippen molar-refractivity contribution in [2.45, 2.75) is 55.8 Å². The summed E-state index contributed by atoms with van der Waals surface area (Å²) in [6.07, 6.45) is 9.04. The Morgan fingerprint density at radius 2 is 1.17 bits per heavy atom. The molecular weight excluding hydrogens is 420 g/mol. The number of hydrogen-bond acceptors (Lipinski definition) is 0. The summed E-state index contributed by atoms with van der Waals surface area (Å²) < 4.78 is 0. The Morgan fingerprint density at radius 3 is 2.03 bits per heavy atom. The molecule has 5 atom stereocenters. The summed E-state index contributed by atoms with van der Waals surface area (Å²) >= 11 is 0. The fourth-order valence-corrected chi connectivity index (χ4v) is 8.75. The van der Waals surface area contributed by atoms with Crippen molar-refractivity contribution in [2.75, 3.05) is 0 Å². The van der Waals surface area contributed by atoms with E-state index in [0.29, 0.717) is 29.6 Å². The van der Waals surface area contributed by atoms with Crippen LogP contribution < -0.4 is 0 Å². The highest BCUT2D eigenvalue weighted by atomic mass is 14.5. The molecule has 4 aromatic rings. The van der Waals surface area contributed by atoms with Gasteiger partial charge < -0.3 is 0 Å². The van der Waals surface area contributed by atoms with Gasteiger partial charge >= 0.3 is 0 Å². The lowest BCUT2D eigenvalue weighted by atomic mass is 9.56. The van der Waals surface area contributed by atoms with Gasteiger partial charge in [0.05, 0.1) is 0 Å². The first-order valence-electron chi connectivity index (χ1n) is 13.5. The molecule has 5 aliphatic carbocycles. The minimum Gasteiger partial charge on any atom is -0.0797 e. The third-order valence-corrected chi connectivity index (χ3v) is 10.1. The Bertz CT molecular complexity index is 1620. The predicted octanol–water partition coefficient (Wildman–Crippen LogP) is 9.07. The van der Waals surface area contributed by atoms with E-state index in [1.807, 2.05) is 0 Å². The summed E-state index contributed by atoms with van der Waals surface area (Å²) in [7, 11) is 0. The van der Waals surface area contributed by atoms with Gasteiger partial charge in [0.25, 0.3) is 0 Å². The number of benzene rings is 4. The van der Waals surface area contributed by atoms with Gasteiger partial charge in [0.1, 0.15) is 0 Å². The molecule has 0 nitrogen and oxygen atoms in total. The summed E-state index contributed by atoms with van der Waals surface area (Å²) in [6.45, 7) is 2.44. The van der Waals surface area contributed by atoms with Gasteiger partial charge in [-0.3, -0.25) is 0 Å². The van der Waals surface area contributed by atoms with E-state index in [1.165, 1.54) is 58.2 Å². The van der Waals surface area contributed by atoms with E-state index in [-0.39, 0.29) is 0 Å². The van der Waals surface area contributed by atoms with Crippen LogP contribution in [0, 0.1) is 0 Å². The van der Waals surface area contributed by atoms with Crippen molar-refractivity contribution in [3.63, 3.8) is 0 Å². The van der Waals surface area contributed by atoms with Crippen molar-refractivity contribution < 1.29 is 0 Å². The molecule has 5 unspecified atom stereocenters. The van der Waals surface area contributed by atoms with Crippen molar-refractivity contribution in [1.29, 1.82) is 0 Å². The van der Waals surface area contributed by atoms with Crippen LogP contribution in [0.5, 0.6) is 0 Å². The lowest BCUT2D eigenvalue weighted by Gasteiger charge is -2.47. The van der Waals surface area contributed by atoms with Gasteiger partial charge in [0.15, 0.2) is 0 Å². The van der Waals surface area contributed by atoms with Gasteiger partial charge in [0.2, 0.25) is 0 Å². The molecule has 0 saturated heterocycles. The van der Waals surface area contributed by atoms with Crippen LogP contribution in [0.2, 0.25) is 0 Å². The highest BCUT2D eigenvalue weighted by Crippen LogP contribution is 2.63. The number of fused-ring (bicyclic) bond motifs is 6. The lowest BCUT2D eigenvalue weighted by molar-refractivity contribution is 0.444. The Morgan fingerprint density at radius 1 is 0.543 bits per heavy atom. The topological polar surface area (TPSA) is 0 Å². The maximum atomic E-state index is 2.62. The Hall–Kier alpha value is -3.38. The minimum absolute atomic E-state index is 0.494. The van der Waals surface area contributed by atoms with E-state index in [2.05, 4.69) is 91.9 Å². The molecule has 0 spiro atoms. The summed E-state index contributed by atoms with van der Waals surface area (Å²) in [5, 5.41) is 0. The van der Waals surface area contributed by atoms with Gasteiger partial charge in [-0.15, -0.1) is 0 Å². The fraction of sp³-hybridized carbons (Fsp3) is 0.257. The molecule has 0 heteroatoms. The van der Waals surface area contributed by atoms with Crippen molar-refractivity contribution in [1.82, 2.24) is 0 Å². The predicted molar refractivity (Wildman–Crippen MR) is 144 cm³/mol. The fourth-order valence-electron chi connectivity index (χ4n) is 8.75. The molecule has 5 aliphatic rings. The second kappa shape index (κ2) is 6.43. The molecule has 4 aromatic carbocycles. The molecule has 0 aromatic heterocycles. The first kappa shape index (κ1) is 18.9. The van der Waals surface area contributed by atoms with Crippen LogP contribution in [0.25, 0.3) is 33.4 Å². The van der Waals surface area contributed by atoms with Gasteiger partial charge in [0, 0.05) is 11.8 Å². The molecule has 0 saturated carbocycles. The molecule has 0 aliphatic heterocycles. The summed E-state index contributed by atoms with van der Waals surface area (Å²) in [5.74, 6) is 2.83. The van der Waals surface area contributed by atoms with Crippen LogP contribution in [0.15, 0.2) is 84.9 Å². The first-order valence-corrected chi connectivity index (χ1v) is 13.5. The number of rotatable bonds is 0. The van der Waals surface area contributed by atoms with Crippen LogP contribution >= 0.6 is 0 Å². The third-order valence-electron chi connectivity index (χ3n) is 10.1. The molecule has 0 heterocycles. The summed E-state index contributed by atoms with van der Waals surface area (Å²) in [5.41, 5.74) is 18.7. The summed E-state index contributed by atoms with van der Waals surface area (Å²) in [4.78, 5) is 0. The number of hydrogen-bond donors (Lipinski definition) is 0. The molecule has 168 valence electrons. The minimum atomic E-state index is 0.494. The molecule has 0 amide bonds. The normalized spacial score (nSPS) is 27.4. The smallest absolute Gasteiger partial charge is 0.00966 e. The second-order valence-electron chi connectivity index (χ2n) is 11.5. The Labute approximate surface area is 207 Å². The van der Waals surface area contributed by atoms with Gasteiger partial charge in [-0.05, 0) is 104 Å². The van der Waals surface area contributed by atoms with E-state index in [4.69, 9.17) is 0 Å². The van der Waals surface area contributed by atoms with E-state index < -0.39 is 0 Å². The van der Waals surface area contributed by atoms with Crippen LogP contribution in [0.1, 0.15) is 82.7 Å². The second-order valence-corrected chi connectivity index (χ2v) is 11.5. The van der Waals surface area contributed by atoms with Crippen LogP contribution in [0.3, 0.4) is 0 Å². The standard InChI is InChI=1S/C35H28/c1-19-22-7-4-5-9-25(22)27-15-17-31-29-16-14-26-24-8-3-2-6-20(24)18-21-10-11-28(34(29)32(21)26)30-13-12-23(19)33(27)35(30)31/h2-9,12-17,19,21,23,28,30H,10-11,18H2,1H3. The first-order chi connectivity index (χ1) is 17.3. The Balaban J connectivity index is 1.36.